The van der Waals surface area contributed by atoms with Crippen LogP contribution in [0.4, 0.5) is 0 Å². The molecule has 3 nitrogen and oxygen atoms in total. The molecule has 0 bridgehead atoms. The lowest BCUT2D eigenvalue weighted by Gasteiger charge is -2.25. The smallest absolute Gasteiger partial charge is 0.330 e. The average molecular weight is 498 g/mol. The molecular formula is C29H39NO2S2. The monoisotopic (exact) mass is 497 g/mol. The van der Waals surface area contributed by atoms with E-state index < -0.39 is 0 Å². The Hall–Kier alpha value is -1.48. The highest BCUT2D eigenvalue weighted by Gasteiger charge is 2.25. The van der Waals surface area contributed by atoms with Gasteiger partial charge >= 0.3 is 5.97 Å². The van der Waals surface area contributed by atoms with Gasteiger partial charge in [-0.15, -0.1) is 11.8 Å². The van der Waals surface area contributed by atoms with E-state index in [1.165, 1.54) is 56.8 Å². The van der Waals surface area contributed by atoms with Gasteiger partial charge in [-0.1, -0.05) is 30.3 Å². The van der Waals surface area contributed by atoms with Crippen LogP contribution in [0, 0.1) is 52.8 Å². The first-order chi connectivity index (χ1) is 16.7. The molecule has 0 aromatic heterocycles. The summed E-state index contributed by atoms with van der Waals surface area (Å²) in [7, 11) is 0. The van der Waals surface area contributed by atoms with Gasteiger partial charge in [0.25, 0.3) is 0 Å². The number of esters is 1. The molecular weight excluding hydrogens is 458 g/mol. The van der Waals surface area contributed by atoms with Gasteiger partial charge in [0.15, 0.2) is 0 Å². The van der Waals surface area contributed by atoms with Crippen molar-refractivity contribution in [3.05, 3.63) is 12.7 Å². The molecule has 2 aliphatic carbocycles. The van der Waals surface area contributed by atoms with Crippen LogP contribution in [0.1, 0.15) is 83.5 Å². The summed E-state index contributed by atoms with van der Waals surface area (Å²) in [6.07, 6.45) is 16.1. The molecule has 184 valence electrons. The number of thioether (sulfide) groups is 2. The summed E-state index contributed by atoms with van der Waals surface area (Å²) < 4.78 is 5.02. The second-order valence-corrected chi connectivity index (χ2v) is 12.5. The molecule has 0 aromatic rings. The molecule has 0 aromatic carbocycles. The first-order valence-corrected chi connectivity index (χ1v) is 15.1. The van der Waals surface area contributed by atoms with Crippen molar-refractivity contribution in [2.24, 2.45) is 17.8 Å². The quantitative estimate of drug-likeness (QED) is 0.160. The van der Waals surface area contributed by atoms with Crippen LogP contribution in [0.5, 0.6) is 0 Å². The SMILES string of the molecule is C=CC(=O)OCCCCCSC1CCC(C#CC2CCC(C#CC3CCC(C#N)CC3)S2)CC1. The van der Waals surface area contributed by atoms with Crippen LogP contribution in [-0.4, -0.2) is 34.1 Å². The number of hydrogen-bond acceptors (Lipinski definition) is 5. The molecule has 3 rings (SSSR count). The molecule has 5 heteroatoms. The maximum absolute atomic E-state index is 11.0. The van der Waals surface area contributed by atoms with Crippen LogP contribution in [-0.2, 0) is 9.53 Å². The van der Waals surface area contributed by atoms with Gasteiger partial charge in [0.2, 0.25) is 0 Å². The lowest BCUT2D eigenvalue weighted by atomic mass is 9.83. The predicted octanol–water partition coefficient (Wildman–Crippen LogP) is 6.78. The normalized spacial score (nSPS) is 30.7. The molecule has 1 aliphatic heterocycles. The van der Waals surface area contributed by atoms with E-state index in [4.69, 9.17) is 10.00 Å². The molecule has 0 spiro atoms. The zero-order valence-corrected chi connectivity index (χ0v) is 22.1. The highest BCUT2D eigenvalue weighted by Crippen LogP contribution is 2.35. The van der Waals surface area contributed by atoms with Crippen molar-refractivity contribution in [2.45, 2.75) is 99.2 Å². The van der Waals surface area contributed by atoms with Crippen molar-refractivity contribution in [3.63, 3.8) is 0 Å². The third-order valence-corrected chi connectivity index (χ3v) is 9.89. The highest BCUT2D eigenvalue weighted by molar-refractivity contribution is 8.01. The number of carbonyl (C=O) groups is 1. The lowest BCUT2D eigenvalue weighted by Crippen LogP contribution is -2.15. The van der Waals surface area contributed by atoms with Crippen molar-refractivity contribution >= 4 is 29.5 Å². The third kappa shape index (κ3) is 10.0. The van der Waals surface area contributed by atoms with Gasteiger partial charge in [-0.05, 0) is 89.2 Å². The zero-order chi connectivity index (χ0) is 24.0. The Bertz CT molecular complexity index is 811. The van der Waals surface area contributed by atoms with E-state index in [-0.39, 0.29) is 11.9 Å². The van der Waals surface area contributed by atoms with Crippen LogP contribution < -0.4 is 0 Å². The van der Waals surface area contributed by atoms with Crippen LogP contribution in [0.15, 0.2) is 12.7 Å². The van der Waals surface area contributed by atoms with Gasteiger partial charge in [-0.2, -0.15) is 17.0 Å². The third-order valence-electron chi connectivity index (χ3n) is 7.05. The number of carbonyl (C=O) groups excluding carboxylic acids is 1. The van der Waals surface area contributed by atoms with Crippen molar-refractivity contribution in [2.75, 3.05) is 12.4 Å². The summed E-state index contributed by atoms with van der Waals surface area (Å²) in [6, 6.07) is 2.41. The second kappa shape index (κ2) is 15.5. The van der Waals surface area contributed by atoms with Gasteiger partial charge in [-0.3, -0.25) is 0 Å². The standard InChI is InChI=1S/C29H39NO2S2/c1-2-29(31)32-20-4-3-5-21-33-26-14-10-24(11-15-26)13-17-28-19-18-27(34-28)16-12-23-6-8-25(22-30)9-7-23/h2,23-28H,1,3-11,14-15,18-21H2. The predicted molar refractivity (Wildman–Crippen MR) is 144 cm³/mol. The van der Waals surface area contributed by atoms with E-state index in [2.05, 4.69) is 48.1 Å². The number of unbranched alkanes of at least 4 members (excludes halogenated alkanes) is 2. The maximum atomic E-state index is 11.0. The number of nitrogens with zero attached hydrogens (tertiary/aromatic N) is 1. The molecule has 0 radical (unpaired) electrons. The summed E-state index contributed by atoms with van der Waals surface area (Å²) in [5.74, 6) is 16.5. The van der Waals surface area contributed by atoms with E-state index >= 15 is 0 Å². The molecule has 3 aliphatic rings. The van der Waals surface area contributed by atoms with Crippen LogP contribution >= 0.6 is 23.5 Å². The number of nitriles is 1. The molecule has 0 amide bonds. The van der Waals surface area contributed by atoms with Crippen molar-refractivity contribution in [3.8, 4) is 29.8 Å². The van der Waals surface area contributed by atoms with Gasteiger partial charge in [0.1, 0.15) is 0 Å². The maximum Gasteiger partial charge on any atom is 0.330 e. The van der Waals surface area contributed by atoms with Crippen molar-refractivity contribution in [1.29, 1.82) is 5.26 Å². The van der Waals surface area contributed by atoms with E-state index in [9.17, 15) is 4.79 Å². The van der Waals surface area contributed by atoms with Crippen molar-refractivity contribution in [1.82, 2.24) is 0 Å². The molecule has 34 heavy (non-hydrogen) atoms. The molecule has 0 N–H and O–H groups in total. The van der Waals surface area contributed by atoms with Gasteiger partial charge < -0.3 is 4.74 Å². The zero-order valence-electron chi connectivity index (χ0n) is 20.4. The molecule has 1 saturated heterocycles. The molecule has 1 heterocycles. The minimum absolute atomic E-state index is 0.263. The van der Waals surface area contributed by atoms with E-state index in [0.29, 0.717) is 28.9 Å². The molecule has 2 unspecified atom stereocenters. The minimum atomic E-state index is -0.319. The van der Waals surface area contributed by atoms with Gasteiger partial charge in [-0.25, -0.2) is 4.79 Å². The summed E-state index contributed by atoms with van der Waals surface area (Å²) in [5.41, 5.74) is 0. The summed E-state index contributed by atoms with van der Waals surface area (Å²) in [5, 5.41) is 10.7. The fourth-order valence-electron chi connectivity index (χ4n) is 4.87. The summed E-state index contributed by atoms with van der Waals surface area (Å²) in [4.78, 5) is 11.0. The topological polar surface area (TPSA) is 50.1 Å². The molecule has 3 fully saturated rings. The Morgan fingerprint density at radius 1 is 0.853 bits per heavy atom. The Balaban J connectivity index is 1.24. The second-order valence-electron chi connectivity index (χ2n) is 9.72. The molecule has 2 saturated carbocycles. The largest absolute Gasteiger partial charge is 0.463 e. The Labute approximate surface area is 215 Å². The number of ether oxygens (including phenoxy) is 1. The highest BCUT2D eigenvalue weighted by atomic mass is 32.2. The number of hydrogen-bond donors (Lipinski definition) is 0. The Kier molecular flexibility index (Phi) is 12.4. The van der Waals surface area contributed by atoms with Crippen molar-refractivity contribution < 1.29 is 9.53 Å². The van der Waals surface area contributed by atoms with E-state index in [0.717, 1.165) is 43.8 Å². The minimum Gasteiger partial charge on any atom is -0.463 e. The van der Waals surface area contributed by atoms with Gasteiger partial charge in [0, 0.05) is 29.1 Å². The van der Waals surface area contributed by atoms with Crippen LogP contribution in [0.2, 0.25) is 0 Å². The summed E-state index contributed by atoms with van der Waals surface area (Å²) >= 11 is 4.10. The average Bonchev–Trinajstić information content (AvgIpc) is 3.34. The first kappa shape index (κ1) is 27.1. The fraction of sp³-hybridized carbons (Fsp3) is 0.724. The summed E-state index contributed by atoms with van der Waals surface area (Å²) in [6.45, 7) is 3.92. The Morgan fingerprint density at radius 3 is 2.03 bits per heavy atom. The Morgan fingerprint density at radius 2 is 1.44 bits per heavy atom. The van der Waals surface area contributed by atoms with Crippen LogP contribution in [0.3, 0.4) is 0 Å². The van der Waals surface area contributed by atoms with E-state index in [1.807, 2.05) is 11.8 Å². The lowest BCUT2D eigenvalue weighted by molar-refractivity contribution is -0.137. The fourth-order valence-corrected chi connectivity index (χ4v) is 7.40. The van der Waals surface area contributed by atoms with Gasteiger partial charge in [0.05, 0.1) is 23.2 Å². The first-order valence-electron chi connectivity index (χ1n) is 13.1. The van der Waals surface area contributed by atoms with Crippen LogP contribution in [0.25, 0.3) is 0 Å². The van der Waals surface area contributed by atoms with E-state index in [1.54, 1.807) is 0 Å². The molecule has 2 atom stereocenters. The number of rotatable bonds is 8.